The molecule has 0 spiro atoms. The van der Waals surface area contributed by atoms with Crippen molar-refractivity contribution in [1.29, 1.82) is 0 Å². The van der Waals surface area contributed by atoms with Gasteiger partial charge in [0.2, 0.25) is 0 Å². The number of nitro benzene ring substituents is 1. The summed E-state index contributed by atoms with van der Waals surface area (Å²) in [5.41, 5.74) is 0.437. The number of rotatable bonds is 2. The van der Waals surface area contributed by atoms with Crippen LogP contribution in [0.1, 0.15) is 12.5 Å². The standard InChI is InChI=1S/C8H8ClNO3/c1-2-5-3-6(10(12)13)8(9)7(11)4-5/h3-4,11H,2H2,1H3. The van der Waals surface area contributed by atoms with Crippen molar-refractivity contribution in [3.63, 3.8) is 0 Å². The minimum absolute atomic E-state index is 0.206. The van der Waals surface area contributed by atoms with E-state index in [1.165, 1.54) is 12.1 Å². The first kappa shape index (κ1) is 9.80. The van der Waals surface area contributed by atoms with Gasteiger partial charge in [-0.15, -0.1) is 0 Å². The molecule has 0 saturated carbocycles. The molecule has 4 nitrogen and oxygen atoms in total. The molecule has 0 aromatic heterocycles. The summed E-state index contributed by atoms with van der Waals surface area (Å²) in [6.45, 7) is 1.84. The van der Waals surface area contributed by atoms with Gasteiger partial charge in [0.05, 0.1) is 4.92 Å². The predicted molar refractivity (Wildman–Crippen MR) is 49.1 cm³/mol. The number of benzene rings is 1. The Balaban J connectivity index is 3.33. The Labute approximate surface area is 79.9 Å². The highest BCUT2D eigenvalue weighted by Crippen LogP contribution is 2.34. The fourth-order valence-electron chi connectivity index (χ4n) is 0.988. The smallest absolute Gasteiger partial charge is 0.291 e. The van der Waals surface area contributed by atoms with Crippen molar-refractivity contribution < 1.29 is 10.0 Å². The summed E-state index contributed by atoms with van der Waals surface area (Å²) < 4.78 is 0. The quantitative estimate of drug-likeness (QED) is 0.591. The molecule has 1 aromatic rings. The molecule has 0 radical (unpaired) electrons. The number of phenolic OH excluding ortho intramolecular Hbond substituents is 1. The fourth-order valence-corrected chi connectivity index (χ4v) is 1.17. The van der Waals surface area contributed by atoms with E-state index < -0.39 is 4.92 Å². The van der Waals surface area contributed by atoms with Crippen molar-refractivity contribution in [2.75, 3.05) is 0 Å². The molecule has 0 aliphatic rings. The van der Waals surface area contributed by atoms with Crippen molar-refractivity contribution in [2.24, 2.45) is 0 Å². The lowest BCUT2D eigenvalue weighted by molar-refractivity contribution is -0.384. The van der Waals surface area contributed by atoms with Gasteiger partial charge in [0.15, 0.2) is 5.02 Å². The van der Waals surface area contributed by atoms with Crippen LogP contribution in [0.2, 0.25) is 5.02 Å². The van der Waals surface area contributed by atoms with Gasteiger partial charge >= 0.3 is 0 Å². The van der Waals surface area contributed by atoms with Crippen LogP contribution < -0.4 is 0 Å². The Bertz CT molecular complexity index is 351. The van der Waals surface area contributed by atoms with Crippen LogP contribution in [0.4, 0.5) is 5.69 Å². The van der Waals surface area contributed by atoms with Crippen molar-refractivity contribution >= 4 is 17.3 Å². The van der Waals surface area contributed by atoms with Crippen LogP contribution in [-0.4, -0.2) is 10.0 Å². The molecule has 0 bridgehead atoms. The molecule has 0 aliphatic carbocycles. The molecule has 70 valence electrons. The van der Waals surface area contributed by atoms with Gasteiger partial charge in [-0.25, -0.2) is 0 Å². The number of nitrogens with zero attached hydrogens (tertiary/aromatic N) is 1. The average molecular weight is 202 g/mol. The first-order valence-corrected chi connectivity index (χ1v) is 4.09. The SMILES string of the molecule is CCc1cc(O)c(Cl)c([N+](=O)[O-])c1. The second-order valence-corrected chi connectivity index (χ2v) is 2.94. The lowest BCUT2D eigenvalue weighted by Crippen LogP contribution is -1.91. The van der Waals surface area contributed by atoms with Gasteiger partial charge in [-0.3, -0.25) is 10.1 Å². The maximum Gasteiger partial charge on any atom is 0.291 e. The summed E-state index contributed by atoms with van der Waals surface area (Å²) in [7, 11) is 0. The molecule has 1 N–H and O–H groups in total. The number of hydrogen-bond acceptors (Lipinski definition) is 3. The lowest BCUT2D eigenvalue weighted by atomic mass is 10.1. The average Bonchev–Trinajstić information content (AvgIpc) is 2.09. The largest absolute Gasteiger partial charge is 0.506 e. The number of nitro groups is 1. The molecular weight excluding hydrogens is 194 g/mol. The zero-order valence-corrected chi connectivity index (χ0v) is 7.71. The molecule has 1 rings (SSSR count). The van der Waals surface area contributed by atoms with Crippen LogP contribution in [0.25, 0.3) is 0 Å². The third-order valence-electron chi connectivity index (χ3n) is 1.70. The van der Waals surface area contributed by atoms with E-state index in [1.54, 1.807) is 0 Å². The van der Waals surface area contributed by atoms with Gasteiger partial charge < -0.3 is 5.11 Å². The van der Waals surface area contributed by atoms with Crippen molar-refractivity contribution in [3.8, 4) is 5.75 Å². The molecule has 0 saturated heterocycles. The second-order valence-electron chi connectivity index (χ2n) is 2.56. The second kappa shape index (κ2) is 3.62. The molecule has 5 heteroatoms. The molecule has 0 amide bonds. The van der Waals surface area contributed by atoms with Crippen LogP contribution in [0.15, 0.2) is 12.1 Å². The molecular formula is C8H8ClNO3. The van der Waals surface area contributed by atoms with Crippen molar-refractivity contribution in [3.05, 3.63) is 32.8 Å². The number of aryl methyl sites for hydroxylation is 1. The van der Waals surface area contributed by atoms with E-state index in [9.17, 15) is 15.2 Å². The Hall–Kier alpha value is -1.29. The normalized spacial score (nSPS) is 10.0. The topological polar surface area (TPSA) is 63.4 Å². The van der Waals surface area contributed by atoms with Gasteiger partial charge in [0, 0.05) is 6.07 Å². The van der Waals surface area contributed by atoms with Crippen LogP contribution in [-0.2, 0) is 6.42 Å². The first-order valence-electron chi connectivity index (χ1n) is 3.72. The van der Waals surface area contributed by atoms with Gasteiger partial charge in [-0.05, 0) is 18.1 Å². The Morgan fingerprint density at radius 2 is 2.23 bits per heavy atom. The van der Waals surface area contributed by atoms with Crippen molar-refractivity contribution in [1.82, 2.24) is 0 Å². The fraction of sp³-hybridized carbons (Fsp3) is 0.250. The van der Waals surface area contributed by atoms with Gasteiger partial charge in [-0.2, -0.15) is 0 Å². The molecule has 0 atom stereocenters. The Kier molecular flexibility index (Phi) is 2.72. The van der Waals surface area contributed by atoms with Gasteiger partial charge in [-0.1, -0.05) is 18.5 Å². The summed E-state index contributed by atoms with van der Waals surface area (Å²) in [5, 5.41) is 19.5. The molecule has 13 heavy (non-hydrogen) atoms. The predicted octanol–water partition coefficient (Wildman–Crippen LogP) is 2.52. The van der Waals surface area contributed by atoms with E-state index in [2.05, 4.69) is 0 Å². The molecule has 1 aromatic carbocycles. The number of halogens is 1. The molecule has 0 heterocycles. The highest BCUT2D eigenvalue weighted by Gasteiger charge is 2.16. The number of aromatic hydroxyl groups is 1. The third-order valence-corrected chi connectivity index (χ3v) is 2.09. The molecule has 0 aliphatic heterocycles. The van der Waals surface area contributed by atoms with E-state index in [-0.39, 0.29) is 16.5 Å². The maximum absolute atomic E-state index is 10.5. The highest BCUT2D eigenvalue weighted by atomic mass is 35.5. The van der Waals surface area contributed by atoms with Crippen LogP contribution in [0.5, 0.6) is 5.75 Å². The number of hydrogen-bond donors (Lipinski definition) is 1. The van der Waals surface area contributed by atoms with Gasteiger partial charge in [0.1, 0.15) is 5.75 Å². The third kappa shape index (κ3) is 1.89. The Morgan fingerprint density at radius 1 is 1.62 bits per heavy atom. The zero-order chi connectivity index (χ0) is 10.0. The zero-order valence-electron chi connectivity index (χ0n) is 6.95. The van der Waals surface area contributed by atoms with Crippen LogP contribution in [0.3, 0.4) is 0 Å². The van der Waals surface area contributed by atoms with Crippen molar-refractivity contribution in [2.45, 2.75) is 13.3 Å². The van der Waals surface area contributed by atoms with Crippen LogP contribution >= 0.6 is 11.6 Å². The minimum Gasteiger partial charge on any atom is -0.506 e. The van der Waals surface area contributed by atoms with E-state index in [0.717, 1.165) is 0 Å². The van der Waals surface area contributed by atoms with E-state index >= 15 is 0 Å². The summed E-state index contributed by atoms with van der Waals surface area (Å²) in [6.07, 6.45) is 0.617. The lowest BCUT2D eigenvalue weighted by Gasteiger charge is -2.01. The summed E-state index contributed by atoms with van der Waals surface area (Å²) in [6, 6.07) is 2.79. The monoisotopic (exact) mass is 201 g/mol. The van der Waals surface area contributed by atoms with Crippen LogP contribution in [0, 0.1) is 10.1 Å². The Morgan fingerprint density at radius 3 is 2.69 bits per heavy atom. The van der Waals surface area contributed by atoms with Gasteiger partial charge in [0.25, 0.3) is 5.69 Å². The first-order chi connectivity index (χ1) is 6.06. The molecule has 0 unspecified atom stereocenters. The van der Waals surface area contributed by atoms with E-state index in [1.807, 2.05) is 6.92 Å². The van der Waals surface area contributed by atoms with E-state index in [0.29, 0.717) is 12.0 Å². The summed E-state index contributed by atoms with van der Waals surface area (Å²) in [5.74, 6) is -0.243. The minimum atomic E-state index is -0.610. The number of phenols is 1. The summed E-state index contributed by atoms with van der Waals surface area (Å²) in [4.78, 5) is 9.84. The highest BCUT2D eigenvalue weighted by molar-refractivity contribution is 6.34. The van der Waals surface area contributed by atoms with E-state index in [4.69, 9.17) is 11.6 Å². The maximum atomic E-state index is 10.5. The summed E-state index contributed by atoms with van der Waals surface area (Å²) >= 11 is 5.53. The molecule has 0 fully saturated rings.